The number of rotatable bonds is 5. The smallest absolute Gasteiger partial charge is 0.337 e. The van der Waals surface area contributed by atoms with Gasteiger partial charge in [-0.15, -0.1) is 0 Å². The van der Waals surface area contributed by atoms with Gasteiger partial charge >= 0.3 is 5.97 Å². The van der Waals surface area contributed by atoms with Gasteiger partial charge < -0.3 is 16.2 Å². The van der Waals surface area contributed by atoms with Crippen LogP contribution in [0, 0.1) is 5.92 Å². The van der Waals surface area contributed by atoms with E-state index < -0.39 is 17.9 Å². The number of carboxylic acids is 1. The Balaban J connectivity index is 2.94. The minimum atomic E-state index is -1.16. The largest absolute Gasteiger partial charge is 0.478 e. The summed E-state index contributed by atoms with van der Waals surface area (Å²) in [5.41, 5.74) is 5.93. The van der Waals surface area contributed by atoms with Crippen LogP contribution in [0.25, 0.3) is 0 Å². The summed E-state index contributed by atoms with van der Waals surface area (Å²) in [6, 6.07) is 3.57. The molecule has 1 aromatic rings. The van der Waals surface area contributed by atoms with Crippen molar-refractivity contribution in [3.63, 3.8) is 0 Å². The second-order valence-electron chi connectivity index (χ2n) is 4.40. The van der Waals surface area contributed by atoms with Gasteiger partial charge in [-0.25, -0.2) is 4.79 Å². The highest BCUT2D eigenvalue weighted by molar-refractivity contribution is 6.31. The normalized spacial score (nSPS) is 13.7. The zero-order valence-electron chi connectivity index (χ0n) is 10.8. The molecule has 4 N–H and O–H groups in total. The van der Waals surface area contributed by atoms with Crippen LogP contribution in [0.15, 0.2) is 18.2 Å². The summed E-state index contributed by atoms with van der Waals surface area (Å²) in [7, 11) is 0. The molecule has 1 unspecified atom stereocenters. The Morgan fingerprint density at radius 1 is 1.47 bits per heavy atom. The van der Waals surface area contributed by atoms with E-state index in [2.05, 4.69) is 5.32 Å². The predicted molar refractivity (Wildman–Crippen MR) is 74.5 cm³/mol. The molecule has 5 nitrogen and oxygen atoms in total. The fourth-order valence-corrected chi connectivity index (χ4v) is 1.70. The summed E-state index contributed by atoms with van der Waals surface area (Å²) in [4.78, 5) is 23.0. The van der Waals surface area contributed by atoms with Gasteiger partial charge in [-0.1, -0.05) is 31.9 Å². The molecule has 19 heavy (non-hydrogen) atoms. The van der Waals surface area contributed by atoms with Crippen molar-refractivity contribution < 1.29 is 14.7 Å². The number of halogens is 1. The first-order valence-corrected chi connectivity index (χ1v) is 6.33. The lowest BCUT2D eigenvalue weighted by Gasteiger charge is -2.18. The van der Waals surface area contributed by atoms with E-state index in [0.717, 1.165) is 6.42 Å². The van der Waals surface area contributed by atoms with Crippen LogP contribution in [0.1, 0.15) is 30.6 Å². The molecule has 0 saturated carbocycles. The molecule has 6 heteroatoms. The molecule has 0 bridgehead atoms. The van der Waals surface area contributed by atoms with Gasteiger partial charge in [0.2, 0.25) is 5.91 Å². The molecule has 0 aliphatic heterocycles. The van der Waals surface area contributed by atoms with Crippen LogP contribution in [0.2, 0.25) is 5.02 Å². The number of carbonyl (C=O) groups excluding carboxylic acids is 1. The molecule has 104 valence electrons. The highest BCUT2D eigenvalue weighted by atomic mass is 35.5. The monoisotopic (exact) mass is 284 g/mol. The molecule has 0 aliphatic carbocycles. The van der Waals surface area contributed by atoms with Gasteiger partial charge in [0.05, 0.1) is 17.3 Å². The Hall–Kier alpha value is -1.59. The van der Waals surface area contributed by atoms with Crippen molar-refractivity contribution in [2.45, 2.75) is 26.3 Å². The first-order chi connectivity index (χ1) is 8.86. The number of amides is 1. The SMILES string of the molecule is CCC(C)[C@H](N)C(=O)Nc1ccc(Cl)cc1C(=O)O. The molecule has 0 aromatic heterocycles. The minimum Gasteiger partial charge on any atom is -0.478 e. The van der Waals surface area contributed by atoms with Crippen molar-refractivity contribution in [3.8, 4) is 0 Å². The van der Waals surface area contributed by atoms with Gasteiger partial charge in [0.1, 0.15) is 0 Å². The van der Waals surface area contributed by atoms with E-state index in [4.69, 9.17) is 22.4 Å². The van der Waals surface area contributed by atoms with Gasteiger partial charge in [0.15, 0.2) is 0 Å². The van der Waals surface area contributed by atoms with Crippen molar-refractivity contribution in [2.75, 3.05) is 5.32 Å². The molecular formula is C13H17ClN2O3. The van der Waals surface area contributed by atoms with Crippen LogP contribution in [0.4, 0.5) is 5.69 Å². The maximum absolute atomic E-state index is 11.9. The van der Waals surface area contributed by atoms with E-state index in [0.29, 0.717) is 5.02 Å². The fraction of sp³-hybridized carbons (Fsp3) is 0.385. The van der Waals surface area contributed by atoms with E-state index in [1.165, 1.54) is 18.2 Å². The van der Waals surface area contributed by atoms with Crippen molar-refractivity contribution in [3.05, 3.63) is 28.8 Å². The summed E-state index contributed by atoms with van der Waals surface area (Å²) in [5, 5.41) is 11.9. The van der Waals surface area contributed by atoms with Crippen molar-refractivity contribution >= 4 is 29.2 Å². The molecule has 1 amide bonds. The third-order valence-corrected chi connectivity index (χ3v) is 3.26. The molecule has 0 saturated heterocycles. The molecule has 1 rings (SSSR count). The Morgan fingerprint density at radius 3 is 2.63 bits per heavy atom. The van der Waals surface area contributed by atoms with E-state index in [1.54, 1.807) is 0 Å². The highest BCUT2D eigenvalue weighted by Gasteiger charge is 2.21. The average molecular weight is 285 g/mol. The van der Waals surface area contributed by atoms with Crippen LogP contribution in [0.5, 0.6) is 0 Å². The fourth-order valence-electron chi connectivity index (χ4n) is 1.53. The van der Waals surface area contributed by atoms with Crippen LogP contribution >= 0.6 is 11.6 Å². The molecule has 0 radical (unpaired) electrons. The lowest BCUT2D eigenvalue weighted by molar-refractivity contribution is -0.118. The summed E-state index contributed by atoms with van der Waals surface area (Å²) >= 11 is 5.73. The summed E-state index contributed by atoms with van der Waals surface area (Å²) in [5.74, 6) is -1.55. The van der Waals surface area contributed by atoms with Crippen LogP contribution in [-0.4, -0.2) is 23.0 Å². The number of carbonyl (C=O) groups is 2. The van der Waals surface area contributed by atoms with E-state index >= 15 is 0 Å². The molecular weight excluding hydrogens is 268 g/mol. The van der Waals surface area contributed by atoms with Gasteiger partial charge in [-0.3, -0.25) is 4.79 Å². The Kier molecular flexibility index (Phi) is 5.32. The van der Waals surface area contributed by atoms with Gasteiger partial charge in [0, 0.05) is 5.02 Å². The van der Waals surface area contributed by atoms with Crippen molar-refractivity contribution in [2.24, 2.45) is 11.7 Å². The summed E-state index contributed by atoms with van der Waals surface area (Å²) < 4.78 is 0. The van der Waals surface area contributed by atoms with E-state index in [9.17, 15) is 9.59 Å². The van der Waals surface area contributed by atoms with Gasteiger partial charge in [-0.2, -0.15) is 0 Å². The van der Waals surface area contributed by atoms with Crippen LogP contribution < -0.4 is 11.1 Å². The third kappa shape index (κ3) is 3.94. The molecule has 1 aromatic carbocycles. The zero-order chi connectivity index (χ0) is 14.6. The number of anilines is 1. The summed E-state index contributed by atoms with van der Waals surface area (Å²) in [6.07, 6.45) is 0.765. The first kappa shape index (κ1) is 15.5. The number of aromatic carboxylic acids is 1. The van der Waals surface area contributed by atoms with E-state index in [1.807, 2.05) is 13.8 Å². The van der Waals surface area contributed by atoms with Crippen molar-refractivity contribution in [1.82, 2.24) is 0 Å². The lowest BCUT2D eigenvalue weighted by atomic mass is 9.99. The zero-order valence-corrected chi connectivity index (χ0v) is 11.6. The van der Waals surface area contributed by atoms with Crippen LogP contribution in [0.3, 0.4) is 0 Å². The Labute approximate surface area is 116 Å². The first-order valence-electron chi connectivity index (χ1n) is 5.96. The molecule has 0 fully saturated rings. The van der Waals surface area contributed by atoms with Crippen LogP contribution in [-0.2, 0) is 4.79 Å². The maximum atomic E-state index is 11.9. The summed E-state index contributed by atoms with van der Waals surface area (Å²) in [6.45, 7) is 3.80. The Bertz CT molecular complexity index is 491. The molecule has 0 aliphatic rings. The second kappa shape index (κ2) is 6.54. The topological polar surface area (TPSA) is 92.4 Å². The molecule has 0 heterocycles. The number of carboxylic acid groups (broad SMARTS) is 1. The van der Waals surface area contributed by atoms with E-state index in [-0.39, 0.29) is 17.2 Å². The number of benzene rings is 1. The number of nitrogens with two attached hydrogens (primary N) is 1. The molecule has 2 atom stereocenters. The number of hydrogen-bond acceptors (Lipinski definition) is 3. The third-order valence-electron chi connectivity index (χ3n) is 3.03. The van der Waals surface area contributed by atoms with Gasteiger partial charge in [0.25, 0.3) is 0 Å². The van der Waals surface area contributed by atoms with Crippen molar-refractivity contribution in [1.29, 1.82) is 0 Å². The van der Waals surface area contributed by atoms with Gasteiger partial charge in [-0.05, 0) is 24.1 Å². The molecule has 0 spiro atoms. The number of hydrogen-bond donors (Lipinski definition) is 3. The maximum Gasteiger partial charge on any atom is 0.337 e. The lowest BCUT2D eigenvalue weighted by Crippen LogP contribution is -2.40. The quantitative estimate of drug-likeness (QED) is 0.774. The highest BCUT2D eigenvalue weighted by Crippen LogP contribution is 2.21. The Morgan fingerprint density at radius 2 is 2.11 bits per heavy atom. The average Bonchev–Trinajstić information content (AvgIpc) is 2.38. The predicted octanol–water partition coefficient (Wildman–Crippen LogP) is 2.35. The second-order valence-corrected chi connectivity index (χ2v) is 4.83. The minimum absolute atomic E-state index is 0.0144. The standard InChI is InChI=1S/C13H17ClN2O3/c1-3-7(2)11(15)12(17)16-10-5-4-8(14)6-9(10)13(18)19/h4-7,11H,3,15H2,1-2H3,(H,16,17)(H,18,19)/t7?,11-/m0/s1. The number of nitrogens with one attached hydrogen (secondary N) is 1.